The highest BCUT2D eigenvalue weighted by Crippen LogP contribution is 2.35. The van der Waals surface area contributed by atoms with Crippen LogP contribution in [0.2, 0.25) is 0 Å². The summed E-state index contributed by atoms with van der Waals surface area (Å²) >= 11 is 0. The van der Waals surface area contributed by atoms with Crippen molar-refractivity contribution in [3.8, 4) is 0 Å². The van der Waals surface area contributed by atoms with Gasteiger partial charge in [0, 0.05) is 12.6 Å². The number of nitrogens with zero attached hydrogens (tertiary/aromatic N) is 1. The molecule has 0 aromatic heterocycles. The standard InChI is InChI=1S/C14H25NO3/c1-14(17,13(16)18-2)10-15-9-5-8-12(15)11-6-3-4-7-11/h11-12,17H,3-10H2,1-2H3. The minimum absolute atomic E-state index is 0.404. The minimum Gasteiger partial charge on any atom is -0.467 e. The summed E-state index contributed by atoms with van der Waals surface area (Å²) in [5, 5.41) is 10.2. The predicted molar refractivity (Wildman–Crippen MR) is 69.2 cm³/mol. The number of ether oxygens (including phenoxy) is 1. The Kier molecular flexibility index (Phi) is 4.28. The molecule has 1 saturated carbocycles. The average molecular weight is 255 g/mol. The second-order valence-electron chi connectivity index (χ2n) is 5.99. The van der Waals surface area contributed by atoms with Gasteiger partial charge < -0.3 is 9.84 Å². The lowest BCUT2D eigenvalue weighted by molar-refractivity contribution is -0.162. The summed E-state index contributed by atoms with van der Waals surface area (Å²) < 4.78 is 4.67. The van der Waals surface area contributed by atoms with Gasteiger partial charge in [-0.2, -0.15) is 0 Å². The van der Waals surface area contributed by atoms with Crippen molar-refractivity contribution < 1.29 is 14.6 Å². The number of hydrogen-bond acceptors (Lipinski definition) is 4. The van der Waals surface area contributed by atoms with Crippen molar-refractivity contribution in [2.75, 3.05) is 20.2 Å². The summed E-state index contributed by atoms with van der Waals surface area (Å²) in [5.74, 6) is 0.237. The van der Waals surface area contributed by atoms with Gasteiger partial charge >= 0.3 is 5.97 Å². The largest absolute Gasteiger partial charge is 0.467 e. The van der Waals surface area contributed by atoms with Crippen molar-refractivity contribution >= 4 is 5.97 Å². The predicted octanol–water partition coefficient (Wildman–Crippen LogP) is 1.56. The smallest absolute Gasteiger partial charge is 0.338 e. The zero-order chi connectivity index (χ0) is 13.2. The third-order valence-corrected chi connectivity index (χ3v) is 4.49. The molecule has 0 aromatic carbocycles. The van der Waals surface area contributed by atoms with Gasteiger partial charge in [0.05, 0.1) is 7.11 Å². The Morgan fingerprint density at radius 2 is 2.00 bits per heavy atom. The second-order valence-corrected chi connectivity index (χ2v) is 5.99. The number of likely N-dealkylation sites (tertiary alicyclic amines) is 1. The van der Waals surface area contributed by atoms with Gasteiger partial charge in [-0.05, 0) is 45.1 Å². The molecule has 0 aromatic rings. The van der Waals surface area contributed by atoms with E-state index in [0.717, 1.165) is 12.5 Å². The van der Waals surface area contributed by atoms with Crippen LogP contribution in [0.3, 0.4) is 0 Å². The molecule has 104 valence electrons. The minimum atomic E-state index is -1.38. The highest BCUT2D eigenvalue weighted by molar-refractivity contribution is 5.78. The van der Waals surface area contributed by atoms with Gasteiger partial charge in [0.15, 0.2) is 5.60 Å². The first kappa shape index (κ1) is 13.8. The summed E-state index contributed by atoms with van der Waals surface area (Å²) in [5.41, 5.74) is -1.38. The Balaban J connectivity index is 1.97. The molecule has 2 unspecified atom stereocenters. The molecular weight excluding hydrogens is 230 g/mol. The van der Waals surface area contributed by atoms with Crippen molar-refractivity contribution in [2.45, 2.75) is 57.1 Å². The van der Waals surface area contributed by atoms with Crippen LogP contribution in [0.5, 0.6) is 0 Å². The number of rotatable bonds is 4. The molecule has 1 aliphatic carbocycles. The molecule has 4 nitrogen and oxygen atoms in total. The van der Waals surface area contributed by atoms with Crippen molar-refractivity contribution in [1.29, 1.82) is 0 Å². The molecule has 0 spiro atoms. The molecule has 1 heterocycles. The van der Waals surface area contributed by atoms with Crippen molar-refractivity contribution in [3.63, 3.8) is 0 Å². The summed E-state index contributed by atoms with van der Waals surface area (Å²) in [6.45, 7) is 2.96. The molecule has 1 N–H and O–H groups in total. The van der Waals surface area contributed by atoms with Crippen LogP contribution in [0, 0.1) is 5.92 Å². The summed E-state index contributed by atoms with van der Waals surface area (Å²) in [4.78, 5) is 13.8. The lowest BCUT2D eigenvalue weighted by Gasteiger charge is -2.33. The summed E-state index contributed by atoms with van der Waals surface area (Å²) in [6, 6.07) is 0.559. The molecule has 4 heteroatoms. The van der Waals surface area contributed by atoms with Crippen LogP contribution in [-0.2, 0) is 9.53 Å². The molecule has 1 aliphatic heterocycles. The van der Waals surface area contributed by atoms with Crippen molar-refractivity contribution in [1.82, 2.24) is 4.90 Å². The number of esters is 1. The van der Waals surface area contributed by atoms with Gasteiger partial charge in [0.25, 0.3) is 0 Å². The lowest BCUT2D eigenvalue weighted by Crippen LogP contribution is -2.50. The Morgan fingerprint density at radius 3 is 2.61 bits per heavy atom. The van der Waals surface area contributed by atoms with Crippen LogP contribution in [0.15, 0.2) is 0 Å². The second kappa shape index (κ2) is 5.57. The lowest BCUT2D eigenvalue weighted by atomic mass is 9.95. The fraction of sp³-hybridized carbons (Fsp3) is 0.929. The maximum atomic E-state index is 11.6. The Labute approximate surface area is 109 Å². The number of methoxy groups -OCH3 is 1. The first-order chi connectivity index (χ1) is 8.54. The molecular formula is C14H25NO3. The Bertz CT molecular complexity index is 297. The number of aliphatic hydroxyl groups is 1. The molecule has 2 aliphatic rings. The first-order valence-corrected chi connectivity index (χ1v) is 7.09. The molecule has 0 radical (unpaired) electrons. The number of hydrogen-bond donors (Lipinski definition) is 1. The van der Waals surface area contributed by atoms with Crippen LogP contribution in [0.4, 0.5) is 0 Å². The van der Waals surface area contributed by atoms with E-state index >= 15 is 0 Å². The van der Waals surface area contributed by atoms with E-state index in [9.17, 15) is 9.90 Å². The van der Waals surface area contributed by atoms with Gasteiger partial charge in [0.1, 0.15) is 0 Å². The Morgan fingerprint density at radius 1 is 1.33 bits per heavy atom. The molecule has 2 fully saturated rings. The van der Waals surface area contributed by atoms with Gasteiger partial charge in [-0.3, -0.25) is 4.90 Å². The highest BCUT2D eigenvalue weighted by atomic mass is 16.5. The number of β-amino-alcohol motifs (C(OH)–C–C–N with tert-alkyl or cyclic N) is 1. The van der Waals surface area contributed by atoms with Crippen LogP contribution < -0.4 is 0 Å². The third-order valence-electron chi connectivity index (χ3n) is 4.49. The number of carbonyl (C=O) groups is 1. The van der Waals surface area contributed by atoms with Gasteiger partial charge in [-0.15, -0.1) is 0 Å². The third kappa shape index (κ3) is 2.86. The van der Waals surface area contributed by atoms with Crippen LogP contribution >= 0.6 is 0 Å². The van der Waals surface area contributed by atoms with E-state index in [-0.39, 0.29) is 0 Å². The average Bonchev–Trinajstić information content (AvgIpc) is 2.97. The number of carbonyl (C=O) groups excluding carboxylic acids is 1. The van der Waals surface area contributed by atoms with Gasteiger partial charge in [-0.25, -0.2) is 4.79 Å². The molecule has 18 heavy (non-hydrogen) atoms. The van der Waals surface area contributed by atoms with Crippen LogP contribution in [0.25, 0.3) is 0 Å². The van der Waals surface area contributed by atoms with E-state index in [4.69, 9.17) is 0 Å². The fourth-order valence-electron chi connectivity index (χ4n) is 3.60. The van der Waals surface area contributed by atoms with E-state index in [1.807, 2.05) is 0 Å². The van der Waals surface area contributed by atoms with Crippen molar-refractivity contribution in [3.05, 3.63) is 0 Å². The van der Waals surface area contributed by atoms with Crippen molar-refractivity contribution in [2.24, 2.45) is 5.92 Å². The Hall–Kier alpha value is -0.610. The van der Waals surface area contributed by atoms with E-state index in [1.54, 1.807) is 6.92 Å². The molecule has 2 rings (SSSR count). The van der Waals surface area contributed by atoms with Crippen LogP contribution in [0.1, 0.15) is 45.4 Å². The monoisotopic (exact) mass is 255 g/mol. The quantitative estimate of drug-likeness (QED) is 0.775. The molecule has 1 saturated heterocycles. The highest BCUT2D eigenvalue weighted by Gasteiger charge is 2.40. The SMILES string of the molecule is COC(=O)C(C)(O)CN1CCCC1C1CCCC1. The molecule has 2 atom stereocenters. The zero-order valence-electron chi connectivity index (χ0n) is 11.5. The first-order valence-electron chi connectivity index (χ1n) is 7.09. The topological polar surface area (TPSA) is 49.8 Å². The normalized spacial score (nSPS) is 29.4. The van der Waals surface area contributed by atoms with E-state index < -0.39 is 11.6 Å². The van der Waals surface area contributed by atoms with E-state index in [1.165, 1.54) is 45.6 Å². The maximum absolute atomic E-state index is 11.6. The van der Waals surface area contributed by atoms with E-state index in [2.05, 4.69) is 9.64 Å². The van der Waals surface area contributed by atoms with E-state index in [0.29, 0.717) is 12.6 Å². The molecule has 0 amide bonds. The molecule has 0 bridgehead atoms. The van der Waals surface area contributed by atoms with Gasteiger partial charge in [-0.1, -0.05) is 12.8 Å². The summed E-state index contributed by atoms with van der Waals surface area (Å²) in [7, 11) is 1.33. The fourth-order valence-corrected chi connectivity index (χ4v) is 3.60. The van der Waals surface area contributed by atoms with Crippen LogP contribution in [-0.4, -0.2) is 47.8 Å². The summed E-state index contributed by atoms with van der Waals surface area (Å²) in [6.07, 6.45) is 7.67. The van der Waals surface area contributed by atoms with Gasteiger partial charge in [0.2, 0.25) is 0 Å². The maximum Gasteiger partial charge on any atom is 0.338 e. The zero-order valence-corrected chi connectivity index (χ0v) is 11.5.